The molecule has 13 aromatic rings. The molecule has 3 aromatic heterocycles. The molecule has 3 heterocycles. The average Bonchev–Trinajstić information content (AvgIpc) is 3.85. The van der Waals surface area contributed by atoms with Crippen LogP contribution < -0.4 is 0 Å². The van der Waals surface area contributed by atoms with Crippen molar-refractivity contribution >= 4 is 75.9 Å². The highest BCUT2D eigenvalue weighted by Gasteiger charge is 2.21. The van der Waals surface area contributed by atoms with Gasteiger partial charge in [0.2, 0.25) is 0 Å². The van der Waals surface area contributed by atoms with Gasteiger partial charge in [-0.1, -0.05) is 164 Å². The van der Waals surface area contributed by atoms with Crippen LogP contribution in [0.4, 0.5) is 0 Å². The molecule has 288 valence electrons. The third-order valence-electron chi connectivity index (χ3n) is 12.5. The summed E-state index contributed by atoms with van der Waals surface area (Å²) in [6.45, 7) is 0. The lowest BCUT2D eigenvalue weighted by Crippen LogP contribution is -2.00. The standard InChI is InChI=1S/C57H35N5/c1-3-16-38(17-4-1)55-58-56(41-27-26-36-14-7-8-18-39(36)32-41)60-57(59-55)42-29-30-44-40(33-42)19-13-25-50(44)62-51-24-12-11-23-46(51)48-34-49-47-31-28-37-15-9-10-22-45(37)54(47)61(52(49)35-53(48)62)43-20-5-2-6-21-43/h1-35H. The first-order valence-corrected chi connectivity index (χ1v) is 21.0. The monoisotopic (exact) mass is 789 g/mol. The van der Waals surface area contributed by atoms with Crippen LogP contribution >= 0.6 is 0 Å². The second kappa shape index (κ2) is 13.6. The van der Waals surface area contributed by atoms with Crippen LogP contribution in [0.1, 0.15) is 0 Å². The maximum absolute atomic E-state index is 5.14. The van der Waals surface area contributed by atoms with Gasteiger partial charge in [-0.15, -0.1) is 0 Å². The highest BCUT2D eigenvalue weighted by atomic mass is 15.0. The maximum atomic E-state index is 5.14. The van der Waals surface area contributed by atoms with E-state index in [1.807, 2.05) is 18.2 Å². The van der Waals surface area contributed by atoms with Gasteiger partial charge in [0.1, 0.15) is 0 Å². The number of fused-ring (bicyclic) bond motifs is 10. The summed E-state index contributed by atoms with van der Waals surface area (Å²) in [6.07, 6.45) is 0. The van der Waals surface area contributed by atoms with E-state index in [2.05, 4.69) is 203 Å². The van der Waals surface area contributed by atoms with Crippen molar-refractivity contribution in [2.24, 2.45) is 0 Å². The van der Waals surface area contributed by atoms with Crippen LogP contribution in [0.25, 0.3) is 121 Å². The molecule has 0 unspecified atom stereocenters. The first-order chi connectivity index (χ1) is 30.7. The lowest BCUT2D eigenvalue weighted by molar-refractivity contribution is 1.07. The normalized spacial score (nSPS) is 11.9. The van der Waals surface area contributed by atoms with Crippen LogP contribution in [-0.4, -0.2) is 24.1 Å². The fourth-order valence-electron chi connectivity index (χ4n) is 9.62. The third kappa shape index (κ3) is 5.32. The van der Waals surface area contributed by atoms with E-state index in [-0.39, 0.29) is 0 Å². The summed E-state index contributed by atoms with van der Waals surface area (Å²) in [5.41, 5.74) is 9.80. The summed E-state index contributed by atoms with van der Waals surface area (Å²) in [6, 6.07) is 75.8. The quantitative estimate of drug-likeness (QED) is 0.174. The minimum atomic E-state index is 0.634. The van der Waals surface area contributed by atoms with Crippen molar-refractivity contribution in [2.45, 2.75) is 0 Å². The number of hydrogen-bond acceptors (Lipinski definition) is 3. The summed E-state index contributed by atoms with van der Waals surface area (Å²) in [5, 5.41) is 12.0. The molecule has 0 bridgehead atoms. The van der Waals surface area contributed by atoms with Gasteiger partial charge in [-0.2, -0.15) is 0 Å². The summed E-state index contributed by atoms with van der Waals surface area (Å²) >= 11 is 0. The minimum absolute atomic E-state index is 0.634. The smallest absolute Gasteiger partial charge is 0.164 e. The number of benzene rings is 10. The molecule has 0 aliphatic carbocycles. The molecule has 10 aromatic carbocycles. The van der Waals surface area contributed by atoms with Crippen molar-refractivity contribution in [1.29, 1.82) is 0 Å². The fraction of sp³-hybridized carbons (Fsp3) is 0. The lowest BCUT2D eigenvalue weighted by atomic mass is 10.0. The van der Waals surface area contributed by atoms with E-state index in [1.165, 1.54) is 48.7 Å². The van der Waals surface area contributed by atoms with Crippen LogP contribution in [0.2, 0.25) is 0 Å². The number of hydrogen-bond donors (Lipinski definition) is 0. The van der Waals surface area contributed by atoms with Crippen LogP contribution in [0.15, 0.2) is 212 Å². The Morgan fingerprint density at radius 2 is 0.839 bits per heavy atom. The number of rotatable bonds is 5. The molecule has 5 nitrogen and oxygen atoms in total. The molecule has 0 radical (unpaired) electrons. The fourth-order valence-corrected chi connectivity index (χ4v) is 9.62. The summed E-state index contributed by atoms with van der Waals surface area (Å²) in [7, 11) is 0. The molecular weight excluding hydrogens is 755 g/mol. The van der Waals surface area contributed by atoms with Crippen LogP contribution in [0.5, 0.6) is 0 Å². The predicted octanol–water partition coefficient (Wildman–Crippen LogP) is 14.5. The summed E-state index contributed by atoms with van der Waals surface area (Å²) < 4.78 is 4.90. The van der Waals surface area contributed by atoms with E-state index in [1.54, 1.807) is 0 Å². The molecule has 0 saturated heterocycles. The van der Waals surface area contributed by atoms with Gasteiger partial charge in [-0.05, 0) is 70.1 Å². The van der Waals surface area contributed by atoms with Crippen LogP contribution in [-0.2, 0) is 0 Å². The predicted molar refractivity (Wildman–Crippen MR) is 257 cm³/mol. The van der Waals surface area contributed by atoms with Crippen molar-refractivity contribution in [2.75, 3.05) is 0 Å². The van der Waals surface area contributed by atoms with Gasteiger partial charge >= 0.3 is 0 Å². The van der Waals surface area contributed by atoms with Gasteiger partial charge in [-0.3, -0.25) is 0 Å². The molecule has 0 aliphatic rings. The Morgan fingerprint density at radius 1 is 0.274 bits per heavy atom. The zero-order valence-corrected chi connectivity index (χ0v) is 33.4. The van der Waals surface area contributed by atoms with Gasteiger partial charge in [0.15, 0.2) is 17.5 Å². The van der Waals surface area contributed by atoms with Crippen molar-refractivity contribution < 1.29 is 0 Å². The first-order valence-electron chi connectivity index (χ1n) is 21.0. The zero-order chi connectivity index (χ0) is 40.7. The Balaban J connectivity index is 1.03. The van der Waals surface area contributed by atoms with E-state index < -0.39 is 0 Å². The minimum Gasteiger partial charge on any atom is -0.309 e. The second-order valence-corrected chi connectivity index (χ2v) is 16.0. The largest absolute Gasteiger partial charge is 0.309 e. The van der Waals surface area contributed by atoms with Gasteiger partial charge in [0.05, 0.1) is 27.8 Å². The van der Waals surface area contributed by atoms with E-state index in [4.69, 9.17) is 15.0 Å². The lowest BCUT2D eigenvalue weighted by Gasteiger charge is -2.14. The van der Waals surface area contributed by atoms with Crippen molar-refractivity contribution in [3.63, 3.8) is 0 Å². The molecule has 0 spiro atoms. The molecule has 5 heteroatoms. The zero-order valence-electron chi connectivity index (χ0n) is 33.4. The van der Waals surface area contributed by atoms with Gasteiger partial charge in [0, 0.05) is 54.7 Å². The Morgan fingerprint density at radius 3 is 1.65 bits per heavy atom. The van der Waals surface area contributed by atoms with E-state index in [0.717, 1.165) is 55.3 Å². The average molecular weight is 790 g/mol. The van der Waals surface area contributed by atoms with Crippen LogP contribution in [0.3, 0.4) is 0 Å². The highest BCUT2D eigenvalue weighted by Crippen LogP contribution is 2.42. The molecule has 0 N–H and O–H groups in total. The van der Waals surface area contributed by atoms with Crippen molar-refractivity contribution in [1.82, 2.24) is 24.1 Å². The second-order valence-electron chi connectivity index (χ2n) is 16.0. The van der Waals surface area contributed by atoms with Crippen LogP contribution in [0, 0.1) is 0 Å². The maximum Gasteiger partial charge on any atom is 0.164 e. The Labute approximate surface area is 356 Å². The van der Waals surface area contributed by atoms with Gasteiger partial charge in [-0.25, -0.2) is 15.0 Å². The molecule has 13 rings (SSSR count). The van der Waals surface area contributed by atoms with Crippen molar-refractivity contribution in [3.05, 3.63) is 212 Å². The highest BCUT2D eigenvalue weighted by molar-refractivity contribution is 6.23. The number of nitrogens with zero attached hydrogens (tertiary/aromatic N) is 5. The van der Waals surface area contributed by atoms with Gasteiger partial charge in [0.25, 0.3) is 0 Å². The molecule has 62 heavy (non-hydrogen) atoms. The van der Waals surface area contributed by atoms with E-state index in [9.17, 15) is 0 Å². The third-order valence-corrected chi connectivity index (χ3v) is 12.5. The Bertz CT molecular complexity index is 3920. The number of aromatic nitrogens is 5. The molecule has 0 aliphatic heterocycles. The summed E-state index contributed by atoms with van der Waals surface area (Å²) in [5.74, 6) is 1.92. The van der Waals surface area contributed by atoms with Crippen molar-refractivity contribution in [3.8, 4) is 45.5 Å². The Hall–Kier alpha value is -8.41. The molecular formula is C57H35N5. The number of para-hydroxylation sites is 2. The molecule has 0 amide bonds. The molecule has 0 saturated carbocycles. The SMILES string of the molecule is c1ccc(-c2nc(-c3ccc4ccccc4c3)nc(-c3ccc4c(-n5c6ccccc6c6cc7c8ccc9ccccc9c8n(-c8ccccc8)c7cc65)cccc4c3)n2)cc1. The molecule has 0 fully saturated rings. The summed E-state index contributed by atoms with van der Waals surface area (Å²) in [4.78, 5) is 15.3. The van der Waals surface area contributed by atoms with Gasteiger partial charge < -0.3 is 9.13 Å². The Kier molecular flexibility index (Phi) is 7.54. The molecule has 0 atom stereocenters. The van der Waals surface area contributed by atoms with E-state index in [0.29, 0.717) is 17.5 Å². The van der Waals surface area contributed by atoms with E-state index >= 15 is 0 Å². The first kappa shape index (κ1) is 34.5. The topological polar surface area (TPSA) is 48.5 Å².